The van der Waals surface area contributed by atoms with Gasteiger partial charge in [-0.1, -0.05) is 25.1 Å². The monoisotopic (exact) mass is 592 g/mol. The summed E-state index contributed by atoms with van der Waals surface area (Å²) in [7, 11) is 4.18. The molecule has 3 atom stereocenters. The minimum Gasteiger partial charge on any atom is -0.480 e. The van der Waals surface area contributed by atoms with Crippen molar-refractivity contribution in [2.45, 2.75) is 57.3 Å². The summed E-state index contributed by atoms with van der Waals surface area (Å²) < 4.78 is 10.3. The van der Waals surface area contributed by atoms with Gasteiger partial charge >= 0.3 is 17.6 Å². The lowest BCUT2D eigenvalue weighted by atomic mass is 9.62. The topological polar surface area (TPSA) is 154 Å². The third-order valence-corrected chi connectivity index (χ3v) is 9.70. The van der Waals surface area contributed by atoms with Crippen LogP contribution >= 0.6 is 0 Å². The van der Waals surface area contributed by atoms with Crippen molar-refractivity contribution in [3.63, 3.8) is 0 Å². The predicted molar refractivity (Wildman–Crippen MR) is 157 cm³/mol. The maximum atomic E-state index is 12.8. The minimum atomic E-state index is -1.63. The van der Waals surface area contributed by atoms with Crippen LogP contribution in [-0.4, -0.2) is 70.5 Å². The number of rotatable bonds is 4. The number of carbonyl (C=O) groups is 2. The number of ether oxygens (including phenoxy) is 1. The van der Waals surface area contributed by atoms with Gasteiger partial charge < -0.3 is 24.1 Å². The molecule has 2 N–H and O–H groups in total. The predicted octanol–water partition coefficient (Wildman–Crippen LogP) is 1.47. The number of imidazole rings is 1. The fraction of sp³-hybridized carbons (Fsp3) is 0.500. The van der Waals surface area contributed by atoms with Crippen LogP contribution in [0.3, 0.4) is 0 Å². The minimum absolute atomic E-state index is 0.0826. The highest BCUT2D eigenvalue weighted by molar-refractivity contribution is 5.90. The van der Waals surface area contributed by atoms with Crippen LogP contribution in [0.25, 0.3) is 22.1 Å². The van der Waals surface area contributed by atoms with Crippen LogP contribution in [0.2, 0.25) is 0 Å². The van der Waals surface area contributed by atoms with E-state index in [0.29, 0.717) is 6.42 Å². The normalized spacial score (nSPS) is 24.3. The van der Waals surface area contributed by atoms with Gasteiger partial charge in [-0.3, -0.25) is 23.6 Å². The van der Waals surface area contributed by atoms with Crippen LogP contribution in [0.15, 0.2) is 40.2 Å². The van der Waals surface area contributed by atoms with E-state index in [1.54, 1.807) is 0 Å². The van der Waals surface area contributed by atoms with Crippen molar-refractivity contribution in [1.82, 2.24) is 28.2 Å². The third kappa shape index (κ3) is 4.08. The van der Waals surface area contributed by atoms with E-state index < -0.39 is 28.9 Å². The lowest BCUT2D eigenvalue weighted by Crippen LogP contribution is -2.60. The summed E-state index contributed by atoms with van der Waals surface area (Å²) in [6.07, 6.45) is 5.75. The molecule has 3 aliphatic heterocycles. The van der Waals surface area contributed by atoms with Crippen molar-refractivity contribution in [3.8, 4) is 0 Å². The van der Waals surface area contributed by atoms with E-state index in [1.807, 2.05) is 22.8 Å². The van der Waals surface area contributed by atoms with Gasteiger partial charge in [-0.05, 0) is 49.3 Å². The number of hydrogen-bond donors (Lipinski definition) is 2. The van der Waals surface area contributed by atoms with Crippen LogP contribution in [0.4, 0.5) is 0 Å². The Balaban J connectivity index is 0.000000168. The molecule has 1 aromatic carbocycles. The van der Waals surface area contributed by atoms with Crippen LogP contribution in [0.5, 0.6) is 0 Å². The van der Waals surface area contributed by atoms with Gasteiger partial charge in [0.2, 0.25) is 5.72 Å². The van der Waals surface area contributed by atoms with Crippen LogP contribution < -0.4 is 11.2 Å². The summed E-state index contributed by atoms with van der Waals surface area (Å²) in [5.41, 5.74) is 0.931. The Morgan fingerprint density at radius 2 is 1.88 bits per heavy atom. The maximum Gasteiger partial charge on any atom is 0.359 e. The summed E-state index contributed by atoms with van der Waals surface area (Å²) in [6.45, 7) is 3.99. The van der Waals surface area contributed by atoms with Crippen LogP contribution in [0, 0.1) is 5.41 Å². The smallest absolute Gasteiger partial charge is 0.359 e. The number of fused-ring (bicyclic) bond motifs is 4. The number of carbonyl (C=O) groups excluding carboxylic acids is 1. The van der Waals surface area contributed by atoms with Crippen molar-refractivity contribution < 1.29 is 24.5 Å². The number of aliphatic carboxylic acids is 1. The van der Waals surface area contributed by atoms with Gasteiger partial charge in [-0.2, -0.15) is 0 Å². The van der Waals surface area contributed by atoms with Gasteiger partial charge in [-0.15, -0.1) is 0 Å². The largest absolute Gasteiger partial charge is 0.480 e. The number of carboxylic acids is 1. The van der Waals surface area contributed by atoms with Crippen molar-refractivity contribution >= 4 is 34.0 Å². The van der Waals surface area contributed by atoms with Crippen LogP contribution in [0.1, 0.15) is 49.9 Å². The van der Waals surface area contributed by atoms with E-state index in [1.165, 1.54) is 47.6 Å². The zero-order valence-corrected chi connectivity index (χ0v) is 24.7. The fourth-order valence-electron chi connectivity index (χ4n) is 7.76. The summed E-state index contributed by atoms with van der Waals surface area (Å²) in [5, 5.41) is 21.6. The number of aromatic nitrogens is 5. The zero-order valence-electron chi connectivity index (χ0n) is 24.7. The quantitative estimate of drug-likeness (QED) is 0.335. The fourth-order valence-corrected chi connectivity index (χ4v) is 7.76. The van der Waals surface area contributed by atoms with E-state index in [0.717, 1.165) is 54.6 Å². The molecule has 0 amide bonds. The third-order valence-electron chi connectivity index (χ3n) is 9.70. The summed E-state index contributed by atoms with van der Waals surface area (Å²) in [5.74, 6) is -1.63. The number of carboxylic acid groups (broad SMARTS) is 1. The van der Waals surface area contributed by atoms with Crippen LogP contribution in [-0.2, 0) is 47.1 Å². The first-order valence-electron chi connectivity index (χ1n) is 14.5. The van der Waals surface area contributed by atoms with E-state index in [4.69, 9.17) is 9.84 Å². The van der Waals surface area contributed by atoms with E-state index in [-0.39, 0.29) is 29.2 Å². The molecule has 43 heavy (non-hydrogen) atoms. The lowest BCUT2D eigenvalue weighted by Gasteiger charge is -2.57. The van der Waals surface area contributed by atoms with Crippen molar-refractivity contribution in [3.05, 3.63) is 62.7 Å². The van der Waals surface area contributed by atoms with Gasteiger partial charge in [0.05, 0.1) is 25.0 Å². The molecule has 0 bridgehead atoms. The Labute approximate surface area is 246 Å². The molecule has 0 saturated carbocycles. The molecule has 228 valence electrons. The molecular formula is C30H36N6O7. The average Bonchev–Trinajstić information content (AvgIpc) is 3.58. The molecule has 3 aliphatic rings. The van der Waals surface area contributed by atoms with Gasteiger partial charge in [0.25, 0.3) is 5.56 Å². The second kappa shape index (κ2) is 10.2. The number of hydrogen-bond acceptors (Lipinski definition) is 8. The number of esters is 1. The van der Waals surface area contributed by atoms with Gasteiger partial charge in [0, 0.05) is 38.1 Å². The highest BCUT2D eigenvalue weighted by Gasteiger charge is 2.60. The summed E-state index contributed by atoms with van der Waals surface area (Å²) >= 11 is 0. The molecular weight excluding hydrogens is 556 g/mol. The van der Waals surface area contributed by atoms with Gasteiger partial charge in [0.15, 0.2) is 11.2 Å². The number of nitrogens with zero attached hydrogens (tertiary/aromatic N) is 6. The molecule has 0 unspecified atom stereocenters. The Morgan fingerprint density at radius 1 is 1.14 bits per heavy atom. The standard InChI is InChI=1S/C21H26N2O3.C9H10N4O4/c1-3-20-10-6-11-22-12-9-15-14-7-4-5-8-16(14)23(17(15)18(20)22)21(25,13-20)19(24)26-2;1-11-7-6(8(16)12(2)9(11)17)13(4-10-7)3-5(14)15/h4-5,7-8,18,25H,3,6,9-13H2,1-2H3;4H,3H2,1-2H3,(H,14,15)/t18-,20+,21+;/m1./s1. The van der Waals surface area contributed by atoms with Crippen molar-refractivity contribution in [1.29, 1.82) is 0 Å². The van der Waals surface area contributed by atoms with E-state index >= 15 is 0 Å². The van der Waals surface area contributed by atoms with E-state index in [2.05, 4.69) is 22.9 Å². The first kappa shape index (κ1) is 28.9. The summed E-state index contributed by atoms with van der Waals surface area (Å²) in [4.78, 5) is 53.4. The molecule has 13 nitrogen and oxygen atoms in total. The molecule has 13 heteroatoms. The number of methoxy groups -OCH3 is 1. The molecule has 1 fully saturated rings. The number of aliphatic hydroxyl groups is 1. The highest BCUT2D eigenvalue weighted by atomic mass is 16.5. The van der Waals surface area contributed by atoms with Gasteiger partial charge in [0.1, 0.15) is 6.54 Å². The lowest BCUT2D eigenvalue weighted by molar-refractivity contribution is -0.194. The summed E-state index contributed by atoms with van der Waals surface area (Å²) in [6, 6.07) is 8.45. The zero-order chi connectivity index (χ0) is 30.8. The second-order valence-electron chi connectivity index (χ2n) is 11.9. The molecule has 0 spiro atoms. The molecule has 1 saturated heterocycles. The number of aryl methyl sites for hydroxylation is 1. The average molecular weight is 593 g/mol. The van der Waals surface area contributed by atoms with Gasteiger partial charge in [-0.25, -0.2) is 14.6 Å². The molecule has 7 rings (SSSR count). The molecule has 0 radical (unpaired) electrons. The van der Waals surface area contributed by atoms with Crippen molar-refractivity contribution in [2.75, 3.05) is 20.2 Å². The van der Waals surface area contributed by atoms with E-state index in [9.17, 15) is 24.3 Å². The maximum absolute atomic E-state index is 12.8. The second-order valence-corrected chi connectivity index (χ2v) is 11.9. The van der Waals surface area contributed by atoms with Crippen molar-refractivity contribution in [2.24, 2.45) is 19.5 Å². The first-order valence-corrected chi connectivity index (χ1v) is 14.5. The number of piperidine rings is 1. The number of benzene rings is 1. The highest BCUT2D eigenvalue weighted by Crippen LogP contribution is 2.60. The molecule has 6 heterocycles. The number of para-hydroxylation sites is 1. The Hall–Kier alpha value is -4.23. The SMILES string of the molecule is CC[C@]12CCCN3CCc4c(n(c5ccccc45)[C@@](O)(C(=O)OC)C1)[C@@H]32.Cn1c(=O)c2c(ncn2CC(=O)O)n(C)c1=O. The Morgan fingerprint density at radius 3 is 2.58 bits per heavy atom. The first-order chi connectivity index (χ1) is 20.5. The molecule has 0 aliphatic carbocycles. The molecule has 3 aromatic heterocycles. The Bertz CT molecular complexity index is 1900. The molecule has 4 aromatic rings. The Kier molecular flexibility index (Phi) is 6.85.